The van der Waals surface area contributed by atoms with Crippen LogP contribution in [0, 0.1) is 0 Å². The van der Waals surface area contributed by atoms with E-state index in [4.69, 9.17) is 27.6 Å². The quantitative estimate of drug-likeness (QED) is 0.740. The molecule has 3 aromatic rings. The molecule has 0 unspecified atom stereocenters. The van der Waals surface area contributed by atoms with Gasteiger partial charge in [0.25, 0.3) is 11.5 Å². The van der Waals surface area contributed by atoms with Crippen LogP contribution in [0.25, 0.3) is 11.5 Å². The second kappa shape index (κ2) is 7.55. The van der Waals surface area contributed by atoms with Gasteiger partial charge in [0.2, 0.25) is 0 Å². The minimum atomic E-state index is -0.350. The maximum Gasteiger partial charge on any atom is 0.266 e. The maximum absolute atomic E-state index is 12.1. The molecule has 1 aromatic carbocycles. The van der Waals surface area contributed by atoms with Crippen molar-refractivity contribution in [1.82, 2.24) is 15.1 Å². The fourth-order valence-electron chi connectivity index (χ4n) is 2.21. The molecular formula is C17H13Cl2N3O3. The molecule has 0 saturated carbocycles. The maximum atomic E-state index is 12.1. The van der Waals surface area contributed by atoms with Crippen LogP contribution in [0.2, 0.25) is 10.0 Å². The summed E-state index contributed by atoms with van der Waals surface area (Å²) in [6, 6.07) is 11.1. The molecule has 1 amide bonds. The normalized spacial score (nSPS) is 10.6. The summed E-state index contributed by atoms with van der Waals surface area (Å²) in [4.78, 5) is 24.0. The van der Waals surface area contributed by atoms with Crippen molar-refractivity contribution in [3.8, 4) is 11.5 Å². The van der Waals surface area contributed by atoms with E-state index in [2.05, 4.69) is 10.4 Å². The highest BCUT2D eigenvalue weighted by Gasteiger charge is 2.11. The highest BCUT2D eigenvalue weighted by molar-refractivity contribution is 6.36. The number of benzene rings is 1. The zero-order valence-corrected chi connectivity index (χ0v) is 14.4. The molecule has 2 aromatic heterocycles. The molecule has 0 saturated heterocycles. The topological polar surface area (TPSA) is 77.1 Å². The predicted molar refractivity (Wildman–Crippen MR) is 95.0 cm³/mol. The Bertz CT molecular complexity index is 952. The predicted octanol–water partition coefficient (Wildman–Crippen LogP) is 3.24. The van der Waals surface area contributed by atoms with E-state index in [1.165, 1.54) is 23.1 Å². The molecule has 128 valence electrons. The van der Waals surface area contributed by atoms with E-state index in [1.54, 1.807) is 30.3 Å². The van der Waals surface area contributed by atoms with Crippen LogP contribution in [-0.2, 0) is 6.54 Å². The number of halogens is 2. The summed E-state index contributed by atoms with van der Waals surface area (Å²) in [6.07, 6.45) is 1.53. The third-order valence-electron chi connectivity index (χ3n) is 3.43. The molecular weight excluding hydrogens is 365 g/mol. The fourth-order valence-corrected chi connectivity index (χ4v) is 2.70. The van der Waals surface area contributed by atoms with Gasteiger partial charge in [-0.2, -0.15) is 5.10 Å². The van der Waals surface area contributed by atoms with Gasteiger partial charge in [0.05, 0.1) is 23.4 Å². The van der Waals surface area contributed by atoms with Crippen LogP contribution < -0.4 is 10.9 Å². The largest absolute Gasteiger partial charge is 0.463 e. The smallest absolute Gasteiger partial charge is 0.266 e. The van der Waals surface area contributed by atoms with Crippen molar-refractivity contribution in [2.24, 2.45) is 0 Å². The number of amides is 1. The molecule has 0 spiro atoms. The minimum Gasteiger partial charge on any atom is -0.463 e. The average Bonchev–Trinajstić information content (AvgIpc) is 3.11. The number of carbonyl (C=O) groups excluding carboxylic acids is 1. The van der Waals surface area contributed by atoms with Crippen LogP contribution in [-0.4, -0.2) is 22.2 Å². The summed E-state index contributed by atoms with van der Waals surface area (Å²) in [5.74, 6) is 0.211. The molecule has 25 heavy (non-hydrogen) atoms. The second-order valence-corrected chi connectivity index (χ2v) is 5.98. The monoisotopic (exact) mass is 377 g/mol. The van der Waals surface area contributed by atoms with Crippen LogP contribution in [0.5, 0.6) is 0 Å². The lowest BCUT2D eigenvalue weighted by Crippen LogP contribution is -2.32. The lowest BCUT2D eigenvalue weighted by molar-refractivity contribution is 0.0952. The Morgan fingerprint density at radius 2 is 2.04 bits per heavy atom. The first-order valence-corrected chi connectivity index (χ1v) is 8.15. The van der Waals surface area contributed by atoms with Gasteiger partial charge >= 0.3 is 0 Å². The van der Waals surface area contributed by atoms with Gasteiger partial charge in [0, 0.05) is 17.6 Å². The van der Waals surface area contributed by atoms with Gasteiger partial charge in [0.1, 0.15) is 5.69 Å². The Hall–Kier alpha value is -2.57. The molecule has 8 heteroatoms. The van der Waals surface area contributed by atoms with E-state index in [0.29, 0.717) is 22.0 Å². The number of hydrogen-bond donors (Lipinski definition) is 1. The molecule has 3 rings (SSSR count). The molecule has 0 aliphatic rings. The van der Waals surface area contributed by atoms with Gasteiger partial charge in [-0.1, -0.05) is 23.2 Å². The Morgan fingerprint density at radius 3 is 2.76 bits per heavy atom. The Kier molecular flexibility index (Phi) is 5.21. The molecule has 0 fully saturated rings. The van der Waals surface area contributed by atoms with E-state index < -0.39 is 0 Å². The van der Waals surface area contributed by atoms with E-state index in [9.17, 15) is 9.59 Å². The molecule has 0 aliphatic heterocycles. The van der Waals surface area contributed by atoms with Gasteiger partial charge in [-0.05, 0) is 36.4 Å². The van der Waals surface area contributed by atoms with Crippen molar-refractivity contribution in [3.05, 3.63) is 74.7 Å². The first-order valence-electron chi connectivity index (χ1n) is 7.40. The summed E-state index contributed by atoms with van der Waals surface area (Å²) >= 11 is 11.8. The van der Waals surface area contributed by atoms with Gasteiger partial charge in [-0.25, -0.2) is 4.68 Å². The van der Waals surface area contributed by atoms with Crippen LogP contribution >= 0.6 is 23.2 Å². The fraction of sp³-hybridized carbons (Fsp3) is 0.118. The van der Waals surface area contributed by atoms with Crippen LogP contribution in [0.1, 0.15) is 10.4 Å². The van der Waals surface area contributed by atoms with Gasteiger partial charge < -0.3 is 9.73 Å². The van der Waals surface area contributed by atoms with E-state index >= 15 is 0 Å². The number of nitrogens with zero attached hydrogens (tertiary/aromatic N) is 2. The SMILES string of the molecule is O=C(NCCn1nc(-c2ccco2)ccc1=O)c1ccc(Cl)cc1Cl. The van der Waals surface area contributed by atoms with Crippen molar-refractivity contribution >= 4 is 29.1 Å². The second-order valence-electron chi connectivity index (χ2n) is 5.14. The Balaban J connectivity index is 1.67. The molecule has 0 atom stereocenters. The van der Waals surface area contributed by atoms with Crippen molar-refractivity contribution in [3.63, 3.8) is 0 Å². The molecule has 1 N–H and O–H groups in total. The van der Waals surface area contributed by atoms with Crippen LogP contribution in [0.3, 0.4) is 0 Å². The third-order valence-corrected chi connectivity index (χ3v) is 3.97. The lowest BCUT2D eigenvalue weighted by atomic mass is 10.2. The highest BCUT2D eigenvalue weighted by Crippen LogP contribution is 2.20. The van der Waals surface area contributed by atoms with Crippen molar-refractivity contribution in [2.75, 3.05) is 6.54 Å². The van der Waals surface area contributed by atoms with Crippen molar-refractivity contribution < 1.29 is 9.21 Å². The molecule has 2 heterocycles. The number of rotatable bonds is 5. The number of hydrogen-bond acceptors (Lipinski definition) is 4. The molecule has 6 nitrogen and oxygen atoms in total. The highest BCUT2D eigenvalue weighted by atomic mass is 35.5. The zero-order valence-electron chi connectivity index (χ0n) is 12.9. The summed E-state index contributed by atoms with van der Waals surface area (Å²) < 4.78 is 6.53. The van der Waals surface area contributed by atoms with E-state index in [-0.39, 0.29) is 29.6 Å². The number of nitrogens with one attached hydrogen (secondary N) is 1. The Morgan fingerprint density at radius 1 is 1.20 bits per heavy atom. The first kappa shape index (κ1) is 17.3. The van der Waals surface area contributed by atoms with E-state index in [0.717, 1.165) is 0 Å². The number of furan rings is 1. The van der Waals surface area contributed by atoms with Gasteiger partial charge in [-0.15, -0.1) is 0 Å². The third kappa shape index (κ3) is 4.10. The van der Waals surface area contributed by atoms with Gasteiger partial charge in [-0.3, -0.25) is 9.59 Å². The number of carbonyl (C=O) groups is 1. The van der Waals surface area contributed by atoms with E-state index in [1.807, 2.05) is 0 Å². The summed E-state index contributed by atoms with van der Waals surface area (Å²) in [6.45, 7) is 0.427. The van der Waals surface area contributed by atoms with Crippen LogP contribution in [0.4, 0.5) is 0 Å². The first-order chi connectivity index (χ1) is 12.0. The molecule has 0 bridgehead atoms. The summed E-state index contributed by atoms with van der Waals surface area (Å²) in [7, 11) is 0. The molecule has 0 radical (unpaired) electrons. The number of aromatic nitrogens is 2. The summed E-state index contributed by atoms with van der Waals surface area (Å²) in [5, 5.41) is 7.64. The lowest BCUT2D eigenvalue weighted by Gasteiger charge is -2.09. The van der Waals surface area contributed by atoms with Gasteiger partial charge in [0.15, 0.2) is 5.76 Å². The summed E-state index contributed by atoms with van der Waals surface area (Å²) in [5.41, 5.74) is 0.585. The zero-order chi connectivity index (χ0) is 17.8. The average molecular weight is 378 g/mol. The van der Waals surface area contributed by atoms with Crippen molar-refractivity contribution in [1.29, 1.82) is 0 Å². The minimum absolute atomic E-state index is 0.213. The van der Waals surface area contributed by atoms with Crippen LogP contribution in [0.15, 0.2) is 57.9 Å². The molecule has 0 aliphatic carbocycles. The van der Waals surface area contributed by atoms with Crippen molar-refractivity contribution in [2.45, 2.75) is 6.54 Å². The standard InChI is InChI=1S/C17H13Cl2N3O3/c18-11-3-4-12(13(19)10-11)17(24)20-7-8-22-16(23)6-5-14(21-22)15-2-1-9-25-15/h1-6,9-10H,7-8H2,(H,20,24). The Labute approximate surface area is 153 Å².